The van der Waals surface area contributed by atoms with Crippen LogP contribution in [-0.2, 0) is 17.8 Å². The third-order valence-electron chi connectivity index (χ3n) is 3.09. The number of aromatic nitrogens is 1. The Bertz CT molecular complexity index is 522. The molecule has 0 amide bonds. The van der Waals surface area contributed by atoms with Crippen LogP contribution in [0.2, 0.25) is 0 Å². The molecule has 1 fully saturated rings. The van der Waals surface area contributed by atoms with Crippen molar-refractivity contribution < 1.29 is 23.0 Å². The van der Waals surface area contributed by atoms with E-state index in [0.29, 0.717) is 26.3 Å². The average molecular weight is 292 g/mol. The van der Waals surface area contributed by atoms with Gasteiger partial charge in [0.1, 0.15) is 6.54 Å². The van der Waals surface area contributed by atoms with Crippen molar-refractivity contribution in [3.63, 3.8) is 0 Å². The molecule has 1 N–H and O–H groups in total. The summed E-state index contributed by atoms with van der Waals surface area (Å²) >= 11 is 0. The largest absolute Gasteiger partial charge is 0.503 e. The van der Waals surface area contributed by atoms with Gasteiger partial charge in [-0.1, -0.05) is 0 Å². The van der Waals surface area contributed by atoms with Crippen molar-refractivity contribution in [3.8, 4) is 5.75 Å². The molecule has 112 valence electrons. The van der Waals surface area contributed by atoms with Gasteiger partial charge in [0.2, 0.25) is 5.43 Å². The zero-order chi connectivity index (χ0) is 14.8. The topological polar surface area (TPSA) is 54.7 Å². The van der Waals surface area contributed by atoms with Crippen LogP contribution in [0.25, 0.3) is 0 Å². The van der Waals surface area contributed by atoms with E-state index in [1.54, 1.807) is 0 Å². The summed E-state index contributed by atoms with van der Waals surface area (Å²) in [6, 6.07) is 0.934. The lowest BCUT2D eigenvalue weighted by Crippen LogP contribution is -2.37. The minimum atomic E-state index is -4.42. The second-order valence-electron chi connectivity index (χ2n) is 4.61. The van der Waals surface area contributed by atoms with E-state index < -0.39 is 23.9 Å². The number of alkyl halides is 3. The Morgan fingerprint density at radius 1 is 1.30 bits per heavy atom. The lowest BCUT2D eigenvalue weighted by Gasteiger charge is -2.28. The van der Waals surface area contributed by atoms with Crippen LogP contribution < -0.4 is 5.43 Å². The summed E-state index contributed by atoms with van der Waals surface area (Å²) in [5, 5.41) is 9.75. The Labute approximate surface area is 113 Å². The monoisotopic (exact) mass is 292 g/mol. The quantitative estimate of drug-likeness (QED) is 0.901. The molecule has 1 aromatic rings. The number of rotatable bonds is 3. The van der Waals surface area contributed by atoms with Crippen LogP contribution >= 0.6 is 0 Å². The molecule has 1 saturated heterocycles. The summed E-state index contributed by atoms with van der Waals surface area (Å²) in [5.41, 5.74) is -0.691. The molecule has 0 atom stereocenters. The van der Waals surface area contributed by atoms with Crippen LogP contribution in [-0.4, -0.2) is 47.1 Å². The van der Waals surface area contributed by atoms with Crippen molar-refractivity contribution in [1.82, 2.24) is 9.47 Å². The fourth-order valence-electron chi connectivity index (χ4n) is 2.08. The molecule has 1 aliphatic heterocycles. The molecule has 5 nitrogen and oxygen atoms in total. The lowest BCUT2D eigenvalue weighted by molar-refractivity contribution is -0.141. The van der Waals surface area contributed by atoms with Crippen molar-refractivity contribution in [1.29, 1.82) is 0 Å². The zero-order valence-corrected chi connectivity index (χ0v) is 10.7. The van der Waals surface area contributed by atoms with E-state index in [2.05, 4.69) is 0 Å². The Morgan fingerprint density at radius 2 is 1.95 bits per heavy atom. The van der Waals surface area contributed by atoms with Crippen molar-refractivity contribution in [2.45, 2.75) is 19.3 Å². The molecule has 0 aromatic carbocycles. The molecule has 8 heteroatoms. The molecule has 0 saturated carbocycles. The lowest BCUT2D eigenvalue weighted by atomic mass is 10.2. The number of nitrogens with zero attached hydrogens (tertiary/aromatic N) is 2. The first-order valence-corrected chi connectivity index (χ1v) is 6.15. The van der Waals surface area contributed by atoms with E-state index in [1.165, 1.54) is 0 Å². The highest BCUT2D eigenvalue weighted by Crippen LogP contribution is 2.22. The van der Waals surface area contributed by atoms with E-state index in [4.69, 9.17) is 4.74 Å². The molecule has 0 radical (unpaired) electrons. The molecule has 0 bridgehead atoms. The number of pyridine rings is 1. The Morgan fingerprint density at radius 3 is 2.55 bits per heavy atom. The summed E-state index contributed by atoms with van der Waals surface area (Å²) < 4.78 is 43.6. The van der Waals surface area contributed by atoms with Crippen molar-refractivity contribution in [2.75, 3.05) is 26.3 Å². The maximum absolute atomic E-state index is 12.5. The first-order valence-electron chi connectivity index (χ1n) is 6.15. The minimum absolute atomic E-state index is 0.0169. The number of hydrogen-bond acceptors (Lipinski definition) is 4. The van der Waals surface area contributed by atoms with E-state index >= 15 is 0 Å². The van der Waals surface area contributed by atoms with E-state index in [1.807, 2.05) is 4.90 Å². The molecule has 1 aromatic heterocycles. The van der Waals surface area contributed by atoms with Crippen LogP contribution in [0.3, 0.4) is 0 Å². The predicted molar refractivity (Wildman–Crippen MR) is 64.5 cm³/mol. The van der Waals surface area contributed by atoms with Gasteiger partial charge in [0, 0.05) is 31.9 Å². The fourth-order valence-corrected chi connectivity index (χ4v) is 2.08. The number of hydrogen-bond donors (Lipinski definition) is 1. The third-order valence-corrected chi connectivity index (χ3v) is 3.09. The predicted octanol–water partition coefficient (Wildman–Crippen LogP) is 0.948. The van der Waals surface area contributed by atoms with Gasteiger partial charge < -0.3 is 14.4 Å². The fraction of sp³-hybridized carbons (Fsp3) is 0.583. The Hall–Kier alpha value is -1.54. The molecule has 0 spiro atoms. The van der Waals surface area contributed by atoms with E-state index in [0.717, 1.165) is 16.8 Å². The summed E-state index contributed by atoms with van der Waals surface area (Å²) in [5.74, 6) is -0.622. The van der Waals surface area contributed by atoms with E-state index in [9.17, 15) is 23.1 Å². The standard InChI is InChI=1S/C12H15F3N2O3/c13-12(14,15)8-17-2-1-10(18)11(19)9(17)7-16-3-5-20-6-4-16/h1-2,19H,3-8H2. The van der Waals surface area contributed by atoms with Crippen molar-refractivity contribution in [2.24, 2.45) is 0 Å². The van der Waals surface area contributed by atoms with Crippen LogP contribution in [0.5, 0.6) is 5.75 Å². The summed E-state index contributed by atoms with van der Waals surface area (Å²) in [6.45, 7) is 0.916. The summed E-state index contributed by atoms with van der Waals surface area (Å²) in [7, 11) is 0. The average Bonchev–Trinajstić information content (AvgIpc) is 2.38. The molecular weight excluding hydrogens is 277 g/mol. The summed E-state index contributed by atoms with van der Waals surface area (Å²) in [4.78, 5) is 13.2. The van der Waals surface area contributed by atoms with Crippen molar-refractivity contribution in [3.05, 3.63) is 28.2 Å². The molecule has 1 aliphatic rings. The highest BCUT2D eigenvalue weighted by atomic mass is 19.4. The van der Waals surface area contributed by atoms with Gasteiger partial charge in [-0.05, 0) is 0 Å². The van der Waals surface area contributed by atoms with Crippen molar-refractivity contribution >= 4 is 0 Å². The van der Waals surface area contributed by atoms with Crippen LogP contribution in [0.1, 0.15) is 5.69 Å². The number of halogens is 3. The molecule has 0 aliphatic carbocycles. The van der Waals surface area contributed by atoms with Gasteiger partial charge in [0.25, 0.3) is 0 Å². The minimum Gasteiger partial charge on any atom is -0.503 e. The van der Waals surface area contributed by atoms with Gasteiger partial charge in [0.15, 0.2) is 5.75 Å². The normalized spacial score (nSPS) is 17.4. The maximum Gasteiger partial charge on any atom is 0.406 e. The van der Waals surface area contributed by atoms with Gasteiger partial charge >= 0.3 is 6.18 Å². The molecule has 20 heavy (non-hydrogen) atoms. The van der Waals surface area contributed by atoms with Crippen LogP contribution in [0.4, 0.5) is 13.2 Å². The molecule has 0 unspecified atom stereocenters. The second-order valence-corrected chi connectivity index (χ2v) is 4.61. The smallest absolute Gasteiger partial charge is 0.406 e. The van der Waals surface area contributed by atoms with Gasteiger partial charge in [-0.2, -0.15) is 13.2 Å². The van der Waals surface area contributed by atoms with Crippen LogP contribution in [0, 0.1) is 0 Å². The molecular formula is C12H15F3N2O3. The van der Waals surface area contributed by atoms with Gasteiger partial charge in [-0.15, -0.1) is 0 Å². The Kier molecular flexibility index (Phi) is 4.34. The third kappa shape index (κ3) is 3.73. The first kappa shape index (κ1) is 14.9. The highest BCUT2D eigenvalue weighted by Gasteiger charge is 2.29. The first-order chi connectivity index (χ1) is 9.37. The number of aromatic hydroxyl groups is 1. The van der Waals surface area contributed by atoms with Gasteiger partial charge in [-0.3, -0.25) is 9.69 Å². The van der Waals surface area contributed by atoms with Crippen LogP contribution in [0.15, 0.2) is 17.1 Å². The Balaban J connectivity index is 2.27. The number of ether oxygens (including phenoxy) is 1. The number of morpholine rings is 1. The van der Waals surface area contributed by atoms with Gasteiger partial charge in [0.05, 0.1) is 18.9 Å². The molecule has 2 heterocycles. The highest BCUT2D eigenvalue weighted by molar-refractivity contribution is 5.26. The summed E-state index contributed by atoms with van der Waals surface area (Å²) in [6.07, 6.45) is -3.35. The molecule has 2 rings (SSSR count). The second kappa shape index (κ2) is 5.84. The van der Waals surface area contributed by atoms with Gasteiger partial charge in [-0.25, -0.2) is 0 Å². The van der Waals surface area contributed by atoms with E-state index in [-0.39, 0.29) is 12.2 Å². The SMILES string of the molecule is O=c1ccn(CC(F)(F)F)c(CN2CCOCC2)c1O. The zero-order valence-electron chi connectivity index (χ0n) is 10.7. The maximum atomic E-state index is 12.5.